The number of hydrogen-bond donors (Lipinski definition) is 1. The average Bonchev–Trinajstić information content (AvgIpc) is 3.04. The van der Waals surface area contributed by atoms with Gasteiger partial charge in [-0.1, -0.05) is 26.3 Å². The number of hydrogen-bond acceptors (Lipinski definition) is 6. The molecule has 1 aromatic heterocycles. The Morgan fingerprint density at radius 1 is 1.09 bits per heavy atom. The maximum absolute atomic E-state index is 12.8. The van der Waals surface area contributed by atoms with Gasteiger partial charge in [0, 0.05) is 23.7 Å². The normalized spacial score (nSPS) is 14.0. The van der Waals surface area contributed by atoms with E-state index in [4.69, 9.17) is 4.74 Å². The lowest BCUT2D eigenvalue weighted by Gasteiger charge is -2.19. The summed E-state index contributed by atoms with van der Waals surface area (Å²) in [5.74, 6) is -1.02. The molecule has 0 atom stereocenters. The smallest absolute Gasteiger partial charge is 0.348 e. The van der Waals surface area contributed by atoms with Crippen LogP contribution in [-0.4, -0.2) is 44.3 Å². The summed E-state index contributed by atoms with van der Waals surface area (Å²) < 4.78 is 32.1. The zero-order valence-electron chi connectivity index (χ0n) is 18.8. The van der Waals surface area contributed by atoms with Crippen LogP contribution in [0.5, 0.6) is 0 Å². The van der Waals surface area contributed by atoms with Gasteiger partial charge in [-0.3, -0.25) is 4.79 Å². The van der Waals surface area contributed by atoms with Gasteiger partial charge in [0.2, 0.25) is 10.0 Å². The summed E-state index contributed by atoms with van der Waals surface area (Å²) in [7, 11) is -3.64. The molecule has 0 fully saturated rings. The van der Waals surface area contributed by atoms with Crippen molar-refractivity contribution < 1.29 is 22.7 Å². The zero-order chi connectivity index (χ0) is 23.3. The molecule has 0 unspecified atom stereocenters. The van der Waals surface area contributed by atoms with E-state index in [1.54, 1.807) is 26.8 Å². The van der Waals surface area contributed by atoms with Gasteiger partial charge >= 0.3 is 5.97 Å². The van der Waals surface area contributed by atoms with Crippen LogP contribution >= 0.6 is 11.3 Å². The fourth-order valence-corrected chi connectivity index (χ4v) is 6.40. The van der Waals surface area contributed by atoms with Crippen LogP contribution in [0.3, 0.4) is 0 Å². The molecule has 9 heteroatoms. The number of anilines is 1. The van der Waals surface area contributed by atoms with Crippen LogP contribution in [0.1, 0.15) is 58.8 Å². The lowest BCUT2D eigenvalue weighted by molar-refractivity contribution is -0.119. The molecule has 0 spiro atoms. The van der Waals surface area contributed by atoms with Crippen molar-refractivity contribution in [1.29, 1.82) is 0 Å². The largest absolute Gasteiger partial charge is 0.451 e. The highest BCUT2D eigenvalue weighted by molar-refractivity contribution is 7.89. The number of carbonyl (C=O) groups is 2. The van der Waals surface area contributed by atoms with Crippen LogP contribution < -0.4 is 5.32 Å². The Kier molecular flexibility index (Phi) is 8.08. The summed E-state index contributed by atoms with van der Waals surface area (Å²) >= 11 is 1.45. The van der Waals surface area contributed by atoms with Crippen LogP contribution in [0.4, 0.5) is 5.69 Å². The summed E-state index contributed by atoms with van der Waals surface area (Å²) in [5, 5.41) is 2.67. The Morgan fingerprint density at radius 2 is 1.81 bits per heavy atom. The van der Waals surface area contributed by atoms with Gasteiger partial charge in [0.25, 0.3) is 5.91 Å². The SMILES string of the molecule is CCN(CC)S(=O)(=O)c1ccc(C)c(NC(=O)COC(=O)c2cc3c(s2)CCCCC3)c1. The lowest BCUT2D eigenvalue weighted by Crippen LogP contribution is -2.30. The molecule has 174 valence electrons. The molecule has 0 saturated heterocycles. The minimum absolute atomic E-state index is 0.110. The first-order valence-corrected chi connectivity index (χ1v) is 13.2. The molecule has 0 bridgehead atoms. The van der Waals surface area contributed by atoms with Crippen molar-refractivity contribution in [3.05, 3.63) is 45.1 Å². The molecular formula is C23H30N2O5S2. The van der Waals surface area contributed by atoms with E-state index in [1.165, 1.54) is 44.6 Å². The van der Waals surface area contributed by atoms with Crippen LogP contribution in [0.25, 0.3) is 0 Å². The quantitative estimate of drug-likeness (QED) is 0.454. The number of nitrogens with one attached hydrogen (secondary N) is 1. The lowest BCUT2D eigenvalue weighted by atomic mass is 10.1. The number of ether oxygens (including phenoxy) is 1. The summed E-state index contributed by atoms with van der Waals surface area (Å²) in [6.07, 6.45) is 5.43. The summed E-state index contributed by atoms with van der Waals surface area (Å²) in [6, 6.07) is 6.51. The fraction of sp³-hybridized carbons (Fsp3) is 0.478. The van der Waals surface area contributed by atoms with E-state index in [0.717, 1.165) is 25.7 Å². The molecule has 1 aromatic carbocycles. The first-order valence-electron chi connectivity index (χ1n) is 11.0. The van der Waals surface area contributed by atoms with Gasteiger partial charge in [-0.25, -0.2) is 13.2 Å². The Labute approximate surface area is 193 Å². The molecule has 32 heavy (non-hydrogen) atoms. The fourth-order valence-electron chi connectivity index (χ4n) is 3.77. The van der Waals surface area contributed by atoms with Gasteiger partial charge in [-0.05, 0) is 61.9 Å². The van der Waals surface area contributed by atoms with Gasteiger partial charge in [0.15, 0.2) is 6.61 Å². The molecule has 0 radical (unpaired) electrons. The van der Waals surface area contributed by atoms with Crippen molar-refractivity contribution in [3.8, 4) is 0 Å². The molecule has 7 nitrogen and oxygen atoms in total. The number of esters is 1. The molecule has 1 N–H and O–H groups in total. The van der Waals surface area contributed by atoms with Gasteiger partial charge in [-0.15, -0.1) is 11.3 Å². The molecule has 1 aliphatic rings. The van der Waals surface area contributed by atoms with Gasteiger partial charge in [0.05, 0.1) is 4.90 Å². The second kappa shape index (κ2) is 10.6. The number of amides is 1. The number of fused-ring (bicyclic) bond motifs is 1. The van der Waals surface area contributed by atoms with Crippen molar-refractivity contribution >= 4 is 38.9 Å². The molecule has 0 aliphatic heterocycles. The van der Waals surface area contributed by atoms with Crippen LogP contribution in [0.2, 0.25) is 0 Å². The Bertz CT molecular complexity index is 1060. The van der Waals surface area contributed by atoms with E-state index >= 15 is 0 Å². The van der Waals surface area contributed by atoms with Crippen LogP contribution in [0, 0.1) is 6.92 Å². The minimum Gasteiger partial charge on any atom is -0.451 e. The molecule has 2 aromatic rings. The van der Waals surface area contributed by atoms with Crippen LogP contribution in [0.15, 0.2) is 29.2 Å². The third-order valence-corrected chi connectivity index (χ3v) is 8.87. The number of aryl methyl sites for hydroxylation is 3. The van der Waals surface area contributed by atoms with Gasteiger partial charge in [0.1, 0.15) is 4.88 Å². The van der Waals surface area contributed by atoms with Crippen LogP contribution in [-0.2, 0) is 32.4 Å². The zero-order valence-corrected chi connectivity index (χ0v) is 20.4. The van der Waals surface area contributed by atoms with E-state index in [9.17, 15) is 18.0 Å². The first kappa shape index (κ1) is 24.4. The highest BCUT2D eigenvalue weighted by Gasteiger charge is 2.23. The van der Waals surface area contributed by atoms with E-state index in [0.29, 0.717) is 29.2 Å². The summed E-state index contributed by atoms with van der Waals surface area (Å²) in [6.45, 7) is 5.60. The standard InChI is InChI=1S/C23H30N2O5S2/c1-4-25(5-2)32(28,29)18-12-11-16(3)19(14-18)24-22(26)15-30-23(27)21-13-17-9-7-6-8-10-20(17)31-21/h11-14H,4-10,15H2,1-3H3,(H,24,26). The van der Waals surface area contributed by atoms with E-state index in [2.05, 4.69) is 5.32 Å². The third kappa shape index (κ3) is 5.57. The molecule has 1 aliphatic carbocycles. The van der Waals surface area contributed by atoms with E-state index in [1.807, 2.05) is 6.07 Å². The number of rotatable bonds is 8. The predicted molar refractivity (Wildman–Crippen MR) is 126 cm³/mol. The summed E-state index contributed by atoms with van der Waals surface area (Å²) in [4.78, 5) is 26.7. The Balaban J connectivity index is 1.64. The van der Waals surface area contributed by atoms with E-state index < -0.39 is 28.5 Å². The van der Waals surface area contributed by atoms with Crippen molar-refractivity contribution in [3.63, 3.8) is 0 Å². The maximum atomic E-state index is 12.8. The van der Waals surface area contributed by atoms with Crippen molar-refractivity contribution in [2.45, 2.75) is 57.8 Å². The molecule has 0 saturated carbocycles. The number of sulfonamides is 1. The highest BCUT2D eigenvalue weighted by atomic mass is 32.2. The number of thiophene rings is 1. The first-order chi connectivity index (χ1) is 15.3. The highest BCUT2D eigenvalue weighted by Crippen LogP contribution is 2.29. The Morgan fingerprint density at radius 3 is 2.53 bits per heavy atom. The minimum atomic E-state index is -3.64. The van der Waals surface area contributed by atoms with Crippen molar-refractivity contribution in [2.75, 3.05) is 25.0 Å². The second-order valence-electron chi connectivity index (χ2n) is 7.81. The molecule has 3 rings (SSSR count). The number of benzene rings is 1. The molecule has 1 amide bonds. The maximum Gasteiger partial charge on any atom is 0.348 e. The van der Waals surface area contributed by atoms with Gasteiger partial charge < -0.3 is 10.1 Å². The third-order valence-electron chi connectivity index (χ3n) is 5.61. The van der Waals surface area contributed by atoms with Gasteiger partial charge in [-0.2, -0.15) is 4.31 Å². The topological polar surface area (TPSA) is 92.8 Å². The molecule has 1 heterocycles. The monoisotopic (exact) mass is 478 g/mol. The average molecular weight is 479 g/mol. The predicted octanol–water partition coefficient (Wildman–Crippen LogP) is 4.15. The van der Waals surface area contributed by atoms with E-state index in [-0.39, 0.29) is 4.90 Å². The number of nitrogens with zero attached hydrogens (tertiary/aromatic N) is 1. The second-order valence-corrected chi connectivity index (χ2v) is 10.9. The Hall–Kier alpha value is -2.23. The summed E-state index contributed by atoms with van der Waals surface area (Å²) in [5.41, 5.74) is 2.30. The van der Waals surface area contributed by atoms with Crippen molar-refractivity contribution in [2.24, 2.45) is 0 Å². The van der Waals surface area contributed by atoms with Crippen molar-refractivity contribution in [1.82, 2.24) is 4.31 Å². The molecular weight excluding hydrogens is 448 g/mol. The number of carbonyl (C=O) groups excluding carboxylic acids is 2.